The van der Waals surface area contributed by atoms with E-state index in [1.165, 1.54) is 6.20 Å². The molecule has 0 heterocycles. The average molecular weight is 272 g/mol. The number of nitrogens with zero attached hydrogens (tertiary/aromatic N) is 2. The van der Waals surface area contributed by atoms with Gasteiger partial charge in [-0.3, -0.25) is 4.79 Å². The van der Waals surface area contributed by atoms with Gasteiger partial charge in [0.25, 0.3) is 5.91 Å². The molecule has 0 aromatic heterocycles. The molecule has 2 N–H and O–H groups in total. The Hall–Kier alpha value is -2.48. The molecule has 1 aromatic rings. The zero-order valence-corrected chi connectivity index (χ0v) is 12.3. The highest BCUT2D eigenvalue weighted by Crippen LogP contribution is 2.17. The molecule has 0 spiro atoms. The van der Waals surface area contributed by atoms with Crippen molar-refractivity contribution in [3.8, 4) is 6.07 Å². The first-order valence-corrected chi connectivity index (χ1v) is 6.39. The number of amides is 1. The molecule has 0 bridgehead atoms. The molecule has 1 rings (SSSR count). The Kier molecular flexibility index (Phi) is 5.60. The summed E-state index contributed by atoms with van der Waals surface area (Å²) in [7, 11) is 3.90. The van der Waals surface area contributed by atoms with E-state index in [0.29, 0.717) is 0 Å². The summed E-state index contributed by atoms with van der Waals surface area (Å²) in [6.07, 6.45) is 1.42. The second kappa shape index (κ2) is 7.19. The van der Waals surface area contributed by atoms with Crippen LogP contribution >= 0.6 is 0 Å². The second-order valence-corrected chi connectivity index (χ2v) is 4.89. The van der Waals surface area contributed by atoms with Crippen LogP contribution in [0.1, 0.15) is 13.8 Å². The lowest BCUT2D eigenvalue weighted by atomic mass is 10.2. The molecule has 0 aliphatic heterocycles. The lowest BCUT2D eigenvalue weighted by Crippen LogP contribution is -2.31. The fraction of sp³-hybridized carbons (Fsp3) is 0.333. The van der Waals surface area contributed by atoms with E-state index in [9.17, 15) is 4.79 Å². The minimum absolute atomic E-state index is 0.00341. The van der Waals surface area contributed by atoms with E-state index in [2.05, 4.69) is 10.6 Å². The smallest absolute Gasteiger partial charge is 0.263 e. The third-order valence-electron chi connectivity index (χ3n) is 2.53. The van der Waals surface area contributed by atoms with Gasteiger partial charge in [-0.2, -0.15) is 5.26 Å². The lowest BCUT2D eigenvalue weighted by molar-refractivity contribution is -0.117. The molecule has 106 valence electrons. The van der Waals surface area contributed by atoms with E-state index in [4.69, 9.17) is 5.26 Å². The maximum absolute atomic E-state index is 11.7. The first kappa shape index (κ1) is 15.6. The van der Waals surface area contributed by atoms with Gasteiger partial charge in [-0.1, -0.05) is 6.07 Å². The molecule has 0 aliphatic carbocycles. The fourth-order valence-electron chi connectivity index (χ4n) is 1.52. The number of anilines is 2. The number of carbonyl (C=O) groups excluding carboxylic acids is 1. The normalized spacial score (nSPS) is 10.9. The summed E-state index contributed by atoms with van der Waals surface area (Å²) in [5.41, 5.74) is 1.91. The minimum Gasteiger partial charge on any atom is -0.378 e. The van der Waals surface area contributed by atoms with Crippen LogP contribution in [-0.4, -0.2) is 26.0 Å². The van der Waals surface area contributed by atoms with Crippen molar-refractivity contribution in [2.24, 2.45) is 0 Å². The van der Waals surface area contributed by atoms with Gasteiger partial charge in [-0.05, 0) is 32.0 Å². The Morgan fingerprint density at radius 1 is 1.40 bits per heavy atom. The zero-order valence-electron chi connectivity index (χ0n) is 12.3. The standard InChI is InChI=1S/C15H20N4O/c1-11(2)18-15(20)12(9-16)10-17-13-6-5-7-14(8-13)19(3)4/h5-8,10-11,17H,1-4H3,(H,18,20)/b12-10-. The first-order chi connectivity index (χ1) is 9.43. The summed E-state index contributed by atoms with van der Waals surface area (Å²) >= 11 is 0. The fourth-order valence-corrected chi connectivity index (χ4v) is 1.52. The molecule has 20 heavy (non-hydrogen) atoms. The lowest BCUT2D eigenvalue weighted by Gasteiger charge is -2.13. The van der Waals surface area contributed by atoms with Gasteiger partial charge in [0.1, 0.15) is 11.6 Å². The van der Waals surface area contributed by atoms with Crippen molar-refractivity contribution < 1.29 is 4.79 Å². The molecule has 0 radical (unpaired) electrons. The van der Waals surface area contributed by atoms with Gasteiger partial charge < -0.3 is 15.5 Å². The van der Waals surface area contributed by atoms with Gasteiger partial charge in [0, 0.05) is 37.7 Å². The molecule has 0 unspecified atom stereocenters. The number of nitriles is 1. The molecule has 1 aromatic carbocycles. The predicted molar refractivity (Wildman–Crippen MR) is 81.4 cm³/mol. The quantitative estimate of drug-likeness (QED) is 0.636. The minimum atomic E-state index is -0.376. The summed E-state index contributed by atoms with van der Waals surface area (Å²) in [5, 5.41) is 14.7. The highest BCUT2D eigenvalue weighted by Gasteiger charge is 2.09. The van der Waals surface area contributed by atoms with Crippen molar-refractivity contribution in [2.75, 3.05) is 24.3 Å². The monoisotopic (exact) mass is 272 g/mol. The molecule has 0 saturated carbocycles. The van der Waals surface area contributed by atoms with Gasteiger partial charge >= 0.3 is 0 Å². The highest BCUT2D eigenvalue weighted by molar-refractivity contribution is 5.97. The highest BCUT2D eigenvalue weighted by atomic mass is 16.1. The van der Waals surface area contributed by atoms with Crippen LogP contribution in [0.4, 0.5) is 11.4 Å². The van der Waals surface area contributed by atoms with Crippen molar-refractivity contribution in [2.45, 2.75) is 19.9 Å². The van der Waals surface area contributed by atoms with Crippen LogP contribution in [0, 0.1) is 11.3 Å². The third kappa shape index (κ3) is 4.65. The molecule has 0 saturated heterocycles. The summed E-state index contributed by atoms with van der Waals surface area (Å²) in [5.74, 6) is -0.376. The van der Waals surface area contributed by atoms with Crippen LogP contribution in [0.3, 0.4) is 0 Å². The van der Waals surface area contributed by atoms with Crippen LogP contribution in [0.15, 0.2) is 36.0 Å². The number of benzene rings is 1. The van der Waals surface area contributed by atoms with E-state index in [1.807, 2.05) is 63.2 Å². The Bertz CT molecular complexity index is 541. The summed E-state index contributed by atoms with van der Waals surface area (Å²) in [4.78, 5) is 13.7. The third-order valence-corrected chi connectivity index (χ3v) is 2.53. The van der Waals surface area contributed by atoms with E-state index < -0.39 is 0 Å². The Balaban J connectivity index is 2.82. The van der Waals surface area contributed by atoms with Crippen molar-refractivity contribution >= 4 is 17.3 Å². The Morgan fingerprint density at radius 3 is 2.65 bits per heavy atom. The van der Waals surface area contributed by atoms with Crippen LogP contribution < -0.4 is 15.5 Å². The topological polar surface area (TPSA) is 68.2 Å². The molecule has 5 nitrogen and oxygen atoms in total. The van der Waals surface area contributed by atoms with Crippen LogP contribution in [0.2, 0.25) is 0 Å². The van der Waals surface area contributed by atoms with Crippen molar-refractivity contribution in [1.29, 1.82) is 5.26 Å². The summed E-state index contributed by atoms with van der Waals surface area (Å²) < 4.78 is 0. The number of hydrogen-bond donors (Lipinski definition) is 2. The van der Waals surface area contributed by atoms with E-state index in [-0.39, 0.29) is 17.5 Å². The average Bonchev–Trinajstić information content (AvgIpc) is 2.39. The van der Waals surface area contributed by atoms with Crippen LogP contribution in [0.5, 0.6) is 0 Å². The molecule has 1 amide bonds. The Morgan fingerprint density at radius 2 is 2.10 bits per heavy atom. The molecular formula is C15H20N4O. The first-order valence-electron chi connectivity index (χ1n) is 6.39. The van der Waals surface area contributed by atoms with Gasteiger partial charge in [0.2, 0.25) is 0 Å². The molecule has 0 aliphatic rings. The SMILES string of the molecule is CC(C)NC(=O)/C(C#N)=C\Nc1cccc(N(C)C)c1. The van der Waals surface area contributed by atoms with Gasteiger partial charge in [-0.15, -0.1) is 0 Å². The van der Waals surface area contributed by atoms with Crippen molar-refractivity contribution in [3.05, 3.63) is 36.0 Å². The number of hydrogen-bond acceptors (Lipinski definition) is 4. The van der Waals surface area contributed by atoms with Crippen LogP contribution in [0.25, 0.3) is 0 Å². The number of nitrogens with one attached hydrogen (secondary N) is 2. The van der Waals surface area contributed by atoms with E-state index in [0.717, 1.165) is 11.4 Å². The van der Waals surface area contributed by atoms with Gasteiger partial charge in [-0.25, -0.2) is 0 Å². The van der Waals surface area contributed by atoms with Gasteiger partial charge in [0.05, 0.1) is 0 Å². The van der Waals surface area contributed by atoms with Crippen molar-refractivity contribution in [1.82, 2.24) is 5.32 Å². The molecule has 0 atom stereocenters. The largest absolute Gasteiger partial charge is 0.378 e. The van der Waals surface area contributed by atoms with Crippen molar-refractivity contribution in [3.63, 3.8) is 0 Å². The Labute approximate surface area is 119 Å². The maximum Gasteiger partial charge on any atom is 0.263 e. The molecule has 5 heteroatoms. The second-order valence-electron chi connectivity index (χ2n) is 4.89. The number of carbonyl (C=O) groups is 1. The maximum atomic E-state index is 11.7. The molecular weight excluding hydrogens is 252 g/mol. The molecule has 0 fully saturated rings. The zero-order chi connectivity index (χ0) is 15.1. The summed E-state index contributed by atoms with van der Waals surface area (Å²) in [6.45, 7) is 3.70. The number of rotatable bonds is 5. The van der Waals surface area contributed by atoms with Gasteiger partial charge in [0.15, 0.2) is 0 Å². The summed E-state index contributed by atoms with van der Waals surface area (Å²) in [6, 6.07) is 9.58. The van der Waals surface area contributed by atoms with E-state index >= 15 is 0 Å². The van der Waals surface area contributed by atoms with Crippen LogP contribution in [-0.2, 0) is 4.79 Å². The van der Waals surface area contributed by atoms with E-state index in [1.54, 1.807) is 0 Å². The predicted octanol–water partition coefficient (Wildman–Crippen LogP) is 2.10.